The van der Waals surface area contributed by atoms with E-state index in [4.69, 9.17) is 0 Å². The molecule has 0 unspecified atom stereocenters. The fourth-order valence-corrected chi connectivity index (χ4v) is 13.3. The molecule has 0 amide bonds. The van der Waals surface area contributed by atoms with Gasteiger partial charge in [-0.25, -0.2) is 0 Å². The lowest BCUT2D eigenvalue weighted by molar-refractivity contribution is 0.590. The van der Waals surface area contributed by atoms with E-state index in [2.05, 4.69) is 351 Å². The van der Waals surface area contributed by atoms with Crippen molar-refractivity contribution in [3.05, 3.63) is 273 Å². The maximum atomic E-state index is 2.44. The quantitative estimate of drug-likeness (QED) is 0.126. The lowest BCUT2D eigenvalue weighted by Gasteiger charge is -2.29. The van der Waals surface area contributed by atoms with Gasteiger partial charge < -0.3 is 9.80 Å². The molecule has 86 heavy (non-hydrogen) atoms. The molecule has 0 N–H and O–H groups in total. The van der Waals surface area contributed by atoms with Gasteiger partial charge in [0.25, 0.3) is 0 Å². The van der Waals surface area contributed by atoms with Gasteiger partial charge in [-0.1, -0.05) is 269 Å². The smallest absolute Gasteiger partial charge is 0.0465 e. The SMILES string of the molecule is CC(C)(C)c1ccc(N(c2ccc(C(C)(C)C)cc2)c2ccc3c(c2)C(C)(C)c2cc(/C=C/c4ccc(/C=C/c5ccc6c(c5)C(C)(C)c5cc(N(c7ccc(C(C)(C)C)cc7)c7ccc(C(C)(C)C)cc7)ccc5-6)c5ccccc45)ccc2-3)cc1. The van der Waals surface area contributed by atoms with Crippen molar-refractivity contribution in [3.63, 3.8) is 0 Å². The van der Waals surface area contributed by atoms with Crippen molar-refractivity contribution in [2.75, 3.05) is 9.80 Å². The summed E-state index contributed by atoms with van der Waals surface area (Å²) in [5.41, 5.74) is 27.6. The Hall–Kier alpha value is -8.46. The second kappa shape index (κ2) is 21.2. The van der Waals surface area contributed by atoms with Gasteiger partial charge in [-0.2, -0.15) is 0 Å². The molecule has 2 aliphatic rings. The van der Waals surface area contributed by atoms with Gasteiger partial charge in [0.2, 0.25) is 0 Å². The minimum absolute atomic E-state index is 0.0729. The molecule has 10 aromatic rings. The minimum Gasteiger partial charge on any atom is -0.310 e. The van der Waals surface area contributed by atoms with Crippen molar-refractivity contribution in [1.82, 2.24) is 0 Å². The molecule has 0 aliphatic heterocycles. The van der Waals surface area contributed by atoms with E-state index in [0.717, 1.165) is 22.7 Å². The minimum atomic E-state index is -0.202. The summed E-state index contributed by atoms with van der Waals surface area (Å²) in [5.74, 6) is 0. The Labute approximate surface area is 514 Å². The molecule has 0 saturated carbocycles. The number of hydrogen-bond donors (Lipinski definition) is 0. The number of benzene rings is 10. The molecule has 0 radical (unpaired) electrons. The van der Waals surface area contributed by atoms with Crippen LogP contribution in [-0.4, -0.2) is 0 Å². The molecular formula is C84H86N2. The van der Waals surface area contributed by atoms with Crippen molar-refractivity contribution < 1.29 is 0 Å². The summed E-state index contributed by atoms with van der Waals surface area (Å²) in [6, 6.07) is 78.4. The van der Waals surface area contributed by atoms with Gasteiger partial charge in [0, 0.05) is 45.0 Å². The molecule has 12 rings (SSSR count). The molecule has 0 fully saturated rings. The summed E-state index contributed by atoms with van der Waals surface area (Å²) in [6.07, 6.45) is 9.19. The molecule has 2 nitrogen and oxygen atoms in total. The maximum Gasteiger partial charge on any atom is 0.0465 e. The van der Waals surface area contributed by atoms with Crippen LogP contribution in [-0.2, 0) is 32.5 Å². The summed E-state index contributed by atoms with van der Waals surface area (Å²) in [6.45, 7) is 36.9. The predicted octanol–water partition coefficient (Wildman–Crippen LogP) is 23.9. The molecule has 0 aromatic heterocycles. The molecule has 0 bridgehead atoms. The maximum absolute atomic E-state index is 2.44. The van der Waals surface area contributed by atoms with Crippen molar-refractivity contribution >= 4 is 69.2 Å². The van der Waals surface area contributed by atoms with Crippen molar-refractivity contribution in [1.29, 1.82) is 0 Å². The van der Waals surface area contributed by atoms with Gasteiger partial charge in [0.15, 0.2) is 0 Å². The van der Waals surface area contributed by atoms with Gasteiger partial charge >= 0.3 is 0 Å². The molecule has 0 heterocycles. The van der Waals surface area contributed by atoms with Crippen LogP contribution in [0.4, 0.5) is 34.1 Å². The van der Waals surface area contributed by atoms with Crippen LogP contribution in [0.25, 0.3) is 57.3 Å². The first kappa shape index (κ1) is 57.9. The number of fused-ring (bicyclic) bond motifs is 7. The standard InChI is InChI=1S/C84H86N2/c1-79(2,3)59-29-37-63(38-30-59)85(64-39-31-60(32-40-64)80(4,5)6)67-45-49-73-71-47-23-55(51-75(71)83(13,14)77(73)53-67)21-25-57-27-28-58(70-20-18-17-19-69(57)70)26-22-56-24-48-72-74-50-46-68(54-78(74)84(15,16)76(72)52-56)86(65-41-33-61(34-42-65)81(7,8)9)66-43-35-62(36-44-66)82(10,11)12/h17-54H,1-16H3/b25-21+,26-22+. The van der Waals surface area contributed by atoms with Crippen molar-refractivity contribution in [2.24, 2.45) is 0 Å². The fraction of sp³-hybridized carbons (Fsp3) is 0.262. The molecule has 2 aliphatic carbocycles. The van der Waals surface area contributed by atoms with Crippen molar-refractivity contribution in [2.45, 2.75) is 143 Å². The van der Waals surface area contributed by atoms with Gasteiger partial charge in [-0.15, -0.1) is 0 Å². The fourth-order valence-electron chi connectivity index (χ4n) is 13.3. The van der Waals surface area contributed by atoms with Crippen LogP contribution >= 0.6 is 0 Å². The van der Waals surface area contributed by atoms with Crippen LogP contribution in [0.15, 0.2) is 206 Å². The average Bonchev–Trinajstić information content (AvgIpc) is 1.63. The summed E-state index contributed by atoms with van der Waals surface area (Å²) in [4.78, 5) is 4.85. The molecule has 10 aromatic carbocycles. The molecule has 0 atom stereocenters. The number of rotatable bonds is 10. The number of anilines is 6. The second-order valence-electron chi connectivity index (χ2n) is 29.6. The van der Waals surface area contributed by atoms with Gasteiger partial charge in [0.05, 0.1) is 0 Å². The zero-order valence-electron chi connectivity index (χ0n) is 53.8. The molecule has 432 valence electrons. The average molecular weight is 1120 g/mol. The Bertz CT molecular complexity index is 3870. The Kier molecular flexibility index (Phi) is 14.3. The predicted molar refractivity (Wildman–Crippen MR) is 374 cm³/mol. The Morgan fingerprint density at radius 3 is 0.802 bits per heavy atom. The summed E-state index contributed by atoms with van der Waals surface area (Å²) in [7, 11) is 0. The van der Waals surface area contributed by atoms with E-state index in [1.165, 1.54) is 111 Å². The third kappa shape index (κ3) is 10.8. The first-order valence-electron chi connectivity index (χ1n) is 31.1. The number of hydrogen-bond acceptors (Lipinski definition) is 2. The van der Waals surface area contributed by atoms with Gasteiger partial charge in [-0.05, 0) is 194 Å². The second-order valence-corrected chi connectivity index (χ2v) is 29.6. The van der Waals surface area contributed by atoms with Crippen LogP contribution in [0.3, 0.4) is 0 Å². The highest BCUT2D eigenvalue weighted by atomic mass is 15.1. The van der Waals surface area contributed by atoms with E-state index in [-0.39, 0.29) is 32.5 Å². The van der Waals surface area contributed by atoms with E-state index >= 15 is 0 Å². The van der Waals surface area contributed by atoms with E-state index < -0.39 is 0 Å². The van der Waals surface area contributed by atoms with E-state index in [1.807, 2.05) is 0 Å². The van der Waals surface area contributed by atoms with E-state index in [0.29, 0.717) is 0 Å². The molecule has 2 heteroatoms. The van der Waals surface area contributed by atoms with Crippen molar-refractivity contribution in [3.8, 4) is 22.3 Å². The van der Waals surface area contributed by atoms with Crippen LogP contribution < -0.4 is 9.80 Å². The summed E-state index contributed by atoms with van der Waals surface area (Å²) in [5, 5.41) is 2.48. The highest BCUT2D eigenvalue weighted by Gasteiger charge is 2.38. The highest BCUT2D eigenvalue weighted by Crippen LogP contribution is 2.53. The Balaban J connectivity index is 0.800. The third-order valence-electron chi connectivity index (χ3n) is 18.8. The van der Waals surface area contributed by atoms with Crippen LogP contribution in [0.5, 0.6) is 0 Å². The van der Waals surface area contributed by atoms with Gasteiger partial charge in [-0.3, -0.25) is 0 Å². The first-order chi connectivity index (χ1) is 40.6. The van der Waals surface area contributed by atoms with Crippen LogP contribution in [0, 0.1) is 0 Å². The summed E-state index contributed by atoms with van der Waals surface area (Å²) >= 11 is 0. The van der Waals surface area contributed by atoms with E-state index in [1.54, 1.807) is 0 Å². The number of nitrogens with zero attached hydrogens (tertiary/aromatic N) is 2. The van der Waals surface area contributed by atoms with E-state index in [9.17, 15) is 0 Å². The van der Waals surface area contributed by atoms with Crippen LogP contribution in [0.1, 0.15) is 178 Å². The normalized spacial score (nSPS) is 14.4. The zero-order valence-corrected chi connectivity index (χ0v) is 53.8. The molecule has 0 saturated heterocycles. The lowest BCUT2D eigenvalue weighted by Crippen LogP contribution is -2.17. The molecular weight excluding hydrogens is 1040 g/mol. The zero-order chi connectivity index (χ0) is 60.9. The molecule has 0 spiro atoms. The highest BCUT2D eigenvalue weighted by molar-refractivity contribution is 6.00. The Morgan fingerprint density at radius 2 is 0.523 bits per heavy atom. The third-order valence-corrected chi connectivity index (χ3v) is 18.8. The first-order valence-corrected chi connectivity index (χ1v) is 31.1. The van der Waals surface area contributed by atoms with Crippen LogP contribution in [0.2, 0.25) is 0 Å². The Morgan fingerprint density at radius 1 is 0.267 bits per heavy atom. The topological polar surface area (TPSA) is 6.48 Å². The van der Waals surface area contributed by atoms with Gasteiger partial charge in [0.1, 0.15) is 0 Å². The largest absolute Gasteiger partial charge is 0.310 e. The lowest BCUT2D eigenvalue weighted by atomic mass is 9.81. The summed E-state index contributed by atoms with van der Waals surface area (Å²) < 4.78 is 0. The monoisotopic (exact) mass is 1120 g/mol.